The summed E-state index contributed by atoms with van der Waals surface area (Å²) < 4.78 is 0. The van der Waals surface area contributed by atoms with Gasteiger partial charge in [-0.25, -0.2) is 0 Å². The molecule has 0 bridgehead atoms. The molecule has 1 unspecified atom stereocenters. The van der Waals surface area contributed by atoms with Crippen LogP contribution < -0.4 is 5.32 Å². The van der Waals surface area contributed by atoms with Crippen LogP contribution >= 0.6 is 0 Å². The molecule has 0 aromatic heterocycles. The molecule has 0 aromatic rings. The van der Waals surface area contributed by atoms with Crippen LogP contribution in [-0.2, 0) is 0 Å². The Kier molecular flexibility index (Phi) is 4.77. The molecule has 96 valence electrons. The van der Waals surface area contributed by atoms with Gasteiger partial charge in [0.2, 0.25) is 0 Å². The van der Waals surface area contributed by atoms with E-state index >= 15 is 0 Å². The maximum absolute atomic E-state index is 10.4. The van der Waals surface area contributed by atoms with E-state index in [1.807, 2.05) is 6.92 Å². The van der Waals surface area contributed by atoms with Gasteiger partial charge in [-0.2, -0.15) is 0 Å². The molecule has 1 atom stereocenters. The predicted molar refractivity (Wildman–Crippen MR) is 66.3 cm³/mol. The Bertz CT molecular complexity index is 206. The zero-order valence-corrected chi connectivity index (χ0v) is 10.9. The molecule has 0 amide bonds. The van der Waals surface area contributed by atoms with Gasteiger partial charge in [0.25, 0.3) is 0 Å². The monoisotopic (exact) mass is 229 g/mol. The molecule has 0 spiro atoms. The van der Waals surface area contributed by atoms with Gasteiger partial charge in [0, 0.05) is 13.2 Å². The Morgan fingerprint density at radius 3 is 2.25 bits per heavy atom. The molecular formula is C13H27NO2. The number of aliphatic hydroxyl groups excluding tert-OH is 1. The third-order valence-electron chi connectivity index (χ3n) is 3.79. The second-order valence-electron chi connectivity index (χ2n) is 6.31. The van der Waals surface area contributed by atoms with Gasteiger partial charge in [0.05, 0.1) is 5.60 Å². The lowest BCUT2D eigenvalue weighted by Gasteiger charge is -2.40. The molecule has 0 saturated heterocycles. The zero-order valence-electron chi connectivity index (χ0n) is 10.9. The van der Waals surface area contributed by atoms with Gasteiger partial charge in [-0.05, 0) is 43.6 Å². The Morgan fingerprint density at radius 2 is 1.75 bits per heavy atom. The van der Waals surface area contributed by atoms with E-state index < -0.39 is 5.60 Å². The molecule has 0 aliphatic heterocycles. The minimum Gasteiger partial charge on any atom is -0.396 e. The van der Waals surface area contributed by atoms with E-state index in [1.165, 1.54) is 0 Å². The average molecular weight is 229 g/mol. The minimum atomic E-state index is -0.523. The first-order chi connectivity index (χ1) is 7.37. The van der Waals surface area contributed by atoms with Crippen LogP contribution in [0, 0.1) is 11.3 Å². The summed E-state index contributed by atoms with van der Waals surface area (Å²) in [5.41, 5.74) is -0.130. The summed E-state index contributed by atoms with van der Waals surface area (Å²) in [5, 5.41) is 22.5. The van der Waals surface area contributed by atoms with Crippen molar-refractivity contribution in [3.05, 3.63) is 0 Å². The van der Waals surface area contributed by atoms with Crippen molar-refractivity contribution in [2.75, 3.05) is 19.7 Å². The minimum absolute atomic E-state index is 0.207. The van der Waals surface area contributed by atoms with E-state index in [2.05, 4.69) is 19.2 Å². The standard InChI is InChI=1S/C13H27NO2/c1-11(9-15)8-14-10-13(16)6-4-12(2,3)5-7-13/h11,14-16H,4-10H2,1-3H3. The Morgan fingerprint density at radius 1 is 1.19 bits per heavy atom. The van der Waals surface area contributed by atoms with Crippen molar-refractivity contribution in [1.29, 1.82) is 0 Å². The van der Waals surface area contributed by atoms with E-state index in [-0.39, 0.29) is 12.5 Å². The number of nitrogens with one attached hydrogen (secondary N) is 1. The quantitative estimate of drug-likeness (QED) is 0.670. The summed E-state index contributed by atoms with van der Waals surface area (Å²) in [6.07, 6.45) is 3.97. The topological polar surface area (TPSA) is 52.5 Å². The van der Waals surface area contributed by atoms with Crippen LogP contribution in [0.5, 0.6) is 0 Å². The van der Waals surface area contributed by atoms with Crippen molar-refractivity contribution in [3.8, 4) is 0 Å². The fraction of sp³-hybridized carbons (Fsp3) is 1.00. The lowest BCUT2D eigenvalue weighted by molar-refractivity contribution is -0.0249. The third-order valence-corrected chi connectivity index (χ3v) is 3.79. The molecule has 16 heavy (non-hydrogen) atoms. The van der Waals surface area contributed by atoms with E-state index in [0.717, 1.165) is 32.2 Å². The number of rotatable bonds is 5. The summed E-state index contributed by atoms with van der Waals surface area (Å²) in [7, 11) is 0. The van der Waals surface area contributed by atoms with Crippen molar-refractivity contribution in [2.45, 2.75) is 52.1 Å². The van der Waals surface area contributed by atoms with Crippen molar-refractivity contribution in [2.24, 2.45) is 11.3 Å². The largest absolute Gasteiger partial charge is 0.396 e. The maximum Gasteiger partial charge on any atom is 0.0772 e. The van der Waals surface area contributed by atoms with Gasteiger partial charge < -0.3 is 15.5 Å². The van der Waals surface area contributed by atoms with Crippen molar-refractivity contribution in [3.63, 3.8) is 0 Å². The fourth-order valence-corrected chi connectivity index (χ4v) is 2.18. The van der Waals surface area contributed by atoms with Crippen LogP contribution in [0.15, 0.2) is 0 Å². The molecule has 1 aliphatic rings. The molecule has 1 rings (SSSR count). The molecule has 1 fully saturated rings. The van der Waals surface area contributed by atoms with E-state index in [1.54, 1.807) is 0 Å². The normalized spacial score (nSPS) is 25.3. The van der Waals surface area contributed by atoms with Gasteiger partial charge in [-0.1, -0.05) is 20.8 Å². The SMILES string of the molecule is CC(CO)CNCC1(O)CCC(C)(C)CC1. The Balaban J connectivity index is 2.26. The third kappa shape index (κ3) is 4.40. The number of aliphatic hydroxyl groups is 2. The van der Waals surface area contributed by atoms with Crippen LogP contribution in [0.2, 0.25) is 0 Å². The average Bonchev–Trinajstić information content (AvgIpc) is 2.23. The lowest BCUT2D eigenvalue weighted by atomic mass is 9.71. The van der Waals surface area contributed by atoms with E-state index in [4.69, 9.17) is 5.11 Å². The highest BCUT2D eigenvalue weighted by molar-refractivity contribution is 4.90. The molecule has 1 aliphatic carbocycles. The molecule has 0 heterocycles. The second-order valence-corrected chi connectivity index (χ2v) is 6.31. The van der Waals surface area contributed by atoms with Crippen molar-refractivity contribution < 1.29 is 10.2 Å². The zero-order chi connectivity index (χ0) is 12.2. The van der Waals surface area contributed by atoms with Crippen molar-refractivity contribution in [1.82, 2.24) is 5.32 Å². The first-order valence-corrected chi connectivity index (χ1v) is 6.41. The van der Waals surface area contributed by atoms with Gasteiger partial charge in [-0.3, -0.25) is 0 Å². The first-order valence-electron chi connectivity index (χ1n) is 6.41. The maximum atomic E-state index is 10.4. The highest BCUT2D eigenvalue weighted by Crippen LogP contribution is 2.39. The van der Waals surface area contributed by atoms with Crippen LogP contribution in [-0.4, -0.2) is 35.5 Å². The van der Waals surface area contributed by atoms with Gasteiger partial charge in [-0.15, -0.1) is 0 Å². The van der Waals surface area contributed by atoms with Gasteiger partial charge >= 0.3 is 0 Å². The highest BCUT2D eigenvalue weighted by atomic mass is 16.3. The van der Waals surface area contributed by atoms with Crippen molar-refractivity contribution >= 4 is 0 Å². The van der Waals surface area contributed by atoms with Crippen LogP contribution in [0.25, 0.3) is 0 Å². The smallest absolute Gasteiger partial charge is 0.0772 e. The summed E-state index contributed by atoms with van der Waals surface area (Å²) in [6.45, 7) is 8.19. The van der Waals surface area contributed by atoms with E-state index in [0.29, 0.717) is 12.0 Å². The molecular weight excluding hydrogens is 202 g/mol. The molecule has 0 aromatic carbocycles. The number of hydrogen-bond acceptors (Lipinski definition) is 3. The van der Waals surface area contributed by atoms with Crippen LogP contribution in [0.1, 0.15) is 46.5 Å². The lowest BCUT2D eigenvalue weighted by Crippen LogP contribution is -2.46. The predicted octanol–water partition coefficient (Wildman–Crippen LogP) is 1.54. The molecule has 3 heteroatoms. The summed E-state index contributed by atoms with van der Waals surface area (Å²) in [4.78, 5) is 0. The fourth-order valence-electron chi connectivity index (χ4n) is 2.18. The first kappa shape index (κ1) is 13.9. The second kappa shape index (κ2) is 5.48. The van der Waals surface area contributed by atoms with Crippen LogP contribution in [0.4, 0.5) is 0 Å². The summed E-state index contributed by atoms with van der Waals surface area (Å²) >= 11 is 0. The van der Waals surface area contributed by atoms with E-state index in [9.17, 15) is 5.11 Å². The Hall–Kier alpha value is -0.120. The number of hydrogen-bond donors (Lipinski definition) is 3. The molecule has 3 nitrogen and oxygen atoms in total. The molecule has 3 N–H and O–H groups in total. The highest BCUT2D eigenvalue weighted by Gasteiger charge is 2.36. The summed E-state index contributed by atoms with van der Waals surface area (Å²) in [5.74, 6) is 0.267. The molecule has 0 radical (unpaired) electrons. The van der Waals surface area contributed by atoms with Crippen LogP contribution in [0.3, 0.4) is 0 Å². The molecule has 1 saturated carbocycles. The van der Waals surface area contributed by atoms with Gasteiger partial charge in [0.1, 0.15) is 0 Å². The summed E-state index contributed by atoms with van der Waals surface area (Å²) in [6, 6.07) is 0. The Labute approximate surface area is 99.3 Å². The van der Waals surface area contributed by atoms with Gasteiger partial charge in [0.15, 0.2) is 0 Å².